The standard InChI is InChI=1S/C15H26N8O3.H2O4S/c1-18-15-21-9-12(17)19-7-20-13(9)23(15)14-11(25)10(24)8(26-14)6-22(2)5-3-4-16;1-5(2,3)4/h7-8,10-11,14,24-25H,3-6,16H2,1-2H3,(H,18,21)(H2,17,19,20);(H2,1,2,3,4)/t8-,10-,11-,14-;/m1./s1. The van der Waals surface area contributed by atoms with E-state index in [-0.39, 0.29) is 5.82 Å². The third kappa shape index (κ3) is 6.40. The van der Waals surface area contributed by atoms with Crippen LogP contribution in [0.2, 0.25) is 0 Å². The molecule has 176 valence electrons. The number of fused-ring (bicyclic) bond motifs is 1. The Morgan fingerprint density at radius 2 is 1.94 bits per heavy atom. The second-order valence-electron chi connectivity index (χ2n) is 6.89. The van der Waals surface area contributed by atoms with Gasteiger partial charge in [-0.1, -0.05) is 0 Å². The average Bonchev–Trinajstić information content (AvgIpc) is 3.18. The van der Waals surface area contributed by atoms with E-state index in [2.05, 4.69) is 20.3 Å². The lowest BCUT2D eigenvalue weighted by Crippen LogP contribution is -2.39. The summed E-state index contributed by atoms with van der Waals surface area (Å²) in [7, 11) is -1.05. The van der Waals surface area contributed by atoms with E-state index in [4.69, 9.17) is 33.7 Å². The number of aliphatic hydroxyl groups is 2. The number of aliphatic hydroxyl groups excluding tert-OH is 2. The Labute approximate surface area is 178 Å². The van der Waals surface area contributed by atoms with Crippen molar-refractivity contribution in [2.45, 2.75) is 31.0 Å². The summed E-state index contributed by atoms with van der Waals surface area (Å²) in [6.07, 6.45) is -1.41. The number of anilines is 2. The van der Waals surface area contributed by atoms with Crippen molar-refractivity contribution >= 4 is 33.3 Å². The predicted octanol–water partition coefficient (Wildman–Crippen LogP) is -2.30. The second kappa shape index (κ2) is 10.4. The van der Waals surface area contributed by atoms with Gasteiger partial charge in [0.25, 0.3) is 0 Å². The molecule has 3 rings (SSSR count). The molecule has 2 aromatic heterocycles. The van der Waals surface area contributed by atoms with Crippen molar-refractivity contribution in [2.24, 2.45) is 5.73 Å². The normalized spacial score (nSPS) is 23.7. The van der Waals surface area contributed by atoms with Crippen LogP contribution < -0.4 is 16.8 Å². The summed E-state index contributed by atoms with van der Waals surface area (Å²) in [6.45, 7) is 1.84. The molecule has 0 bridgehead atoms. The molecule has 15 nitrogen and oxygen atoms in total. The molecule has 1 aliphatic rings. The Morgan fingerprint density at radius 1 is 1.29 bits per heavy atom. The van der Waals surface area contributed by atoms with Gasteiger partial charge in [-0.25, -0.2) is 15.0 Å². The number of hydrogen-bond acceptors (Lipinski definition) is 12. The number of likely N-dealkylation sites (N-methyl/N-ethyl adjacent to an activating group) is 1. The van der Waals surface area contributed by atoms with Crippen LogP contribution in [0.25, 0.3) is 11.2 Å². The van der Waals surface area contributed by atoms with Crippen molar-refractivity contribution in [3.05, 3.63) is 6.33 Å². The van der Waals surface area contributed by atoms with Crippen LogP contribution in [0.3, 0.4) is 0 Å². The summed E-state index contributed by atoms with van der Waals surface area (Å²) in [5.74, 6) is 0.650. The summed E-state index contributed by atoms with van der Waals surface area (Å²) in [4.78, 5) is 14.5. The fraction of sp³-hybridized carbons (Fsp3) is 0.667. The molecule has 0 aliphatic carbocycles. The molecule has 1 saturated heterocycles. The molecule has 31 heavy (non-hydrogen) atoms. The summed E-state index contributed by atoms with van der Waals surface area (Å²) < 4.78 is 39.2. The first-order valence-electron chi connectivity index (χ1n) is 9.24. The number of imidazole rings is 1. The van der Waals surface area contributed by atoms with Gasteiger partial charge in [-0.05, 0) is 26.6 Å². The fourth-order valence-corrected chi connectivity index (χ4v) is 3.20. The third-order valence-electron chi connectivity index (χ3n) is 4.56. The monoisotopic (exact) mass is 464 g/mol. The highest BCUT2D eigenvalue weighted by Crippen LogP contribution is 2.35. The number of ether oxygens (including phenoxy) is 1. The van der Waals surface area contributed by atoms with Gasteiger partial charge in [-0.15, -0.1) is 0 Å². The van der Waals surface area contributed by atoms with Crippen molar-refractivity contribution in [1.29, 1.82) is 0 Å². The van der Waals surface area contributed by atoms with Crippen molar-refractivity contribution < 1.29 is 32.5 Å². The molecular weight excluding hydrogens is 436 g/mol. The van der Waals surface area contributed by atoms with Crippen LogP contribution in [0, 0.1) is 0 Å². The minimum Gasteiger partial charge on any atom is -0.387 e. The third-order valence-corrected chi connectivity index (χ3v) is 4.56. The van der Waals surface area contributed by atoms with E-state index in [1.165, 1.54) is 6.33 Å². The largest absolute Gasteiger partial charge is 0.394 e. The van der Waals surface area contributed by atoms with Crippen molar-refractivity contribution in [2.75, 3.05) is 44.8 Å². The average molecular weight is 465 g/mol. The van der Waals surface area contributed by atoms with Gasteiger partial charge in [-0.3, -0.25) is 13.7 Å². The quantitative estimate of drug-likeness (QED) is 0.213. The minimum atomic E-state index is -4.67. The first kappa shape index (κ1) is 25.1. The molecule has 1 aliphatic heterocycles. The zero-order chi connectivity index (χ0) is 23.3. The Kier molecular flexibility index (Phi) is 8.43. The van der Waals surface area contributed by atoms with Crippen LogP contribution in [0.4, 0.5) is 11.8 Å². The lowest BCUT2D eigenvalue weighted by molar-refractivity contribution is -0.0410. The van der Waals surface area contributed by atoms with Gasteiger partial charge in [0.1, 0.15) is 24.6 Å². The molecule has 16 heteroatoms. The summed E-state index contributed by atoms with van der Waals surface area (Å²) >= 11 is 0. The zero-order valence-electron chi connectivity index (χ0n) is 17.0. The predicted molar refractivity (Wildman–Crippen MR) is 111 cm³/mol. The molecule has 1 fully saturated rings. The fourth-order valence-electron chi connectivity index (χ4n) is 3.20. The molecule has 4 atom stereocenters. The van der Waals surface area contributed by atoms with Gasteiger partial charge in [0.15, 0.2) is 23.2 Å². The van der Waals surface area contributed by atoms with Crippen LogP contribution in [0.15, 0.2) is 6.33 Å². The van der Waals surface area contributed by atoms with Crippen LogP contribution >= 0.6 is 0 Å². The van der Waals surface area contributed by atoms with Crippen LogP contribution in [0.1, 0.15) is 12.6 Å². The van der Waals surface area contributed by atoms with E-state index in [9.17, 15) is 10.2 Å². The van der Waals surface area contributed by atoms with E-state index < -0.39 is 34.9 Å². The van der Waals surface area contributed by atoms with Crippen molar-refractivity contribution in [3.8, 4) is 0 Å². The Hall–Kier alpha value is -2.18. The Morgan fingerprint density at radius 3 is 2.52 bits per heavy atom. The SMILES string of the molecule is CNc1nc2c(N)ncnc2n1[C@@H]1O[C@H](CN(C)CCCN)[C@@H](O)[C@H]1O.O=S(=O)(O)O. The molecule has 0 saturated carbocycles. The van der Waals surface area contributed by atoms with E-state index in [0.717, 1.165) is 13.0 Å². The smallest absolute Gasteiger partial charge is 0.387 e. The van der Waals surface area contributed by atoms with E-state index in [1.807, 2.05) is 11.9 Å². The maximum Gasteiger partial charge on any atom is 0.394 e. The molecule has 2 aromatic rings. The van der Waals surface area contributed by atoms with E-state index >= 15 is 0 Å². The number of aromatic nitrogens is 4. The van der Waals surface area contributed by atoms with Gasteiger partial charge in [0.05, 0.1) is 0 Å². The summed E-state index contributed by atoms with van der Waals surface area (Å²) in [5.41, 5.74) is 12.2. The number of nitrogen functional groups attached to an aromatic ring is 1. The molecule has 0 spiro atoms. The van der Waals surface area contributed by atoms with Crippen LogP contribution in [-0.4, -0.2) is 104 Å². The topological polar surface area (TPSA) is 235 Å². The first-order chi connectivity index (χ1) is 14.5. The lowest BCUT2D eigenvalue weighted by Gasteiger charge is -2.22. The minimum absolute atomic E-state index is 0.233. The van der Waals surface area contributed by atoms with Crippen molar-refractivity contribution in [1.82, 2.24) is 24.4 Å². The highest BCUT2D eigenvalue weighted by molar-refractivity contribution is 7.79. The summed E-state index contributed by atoms with van der Waals surface area (Å²) in [6, 6.07) is 0. The van der Waals surface area contributed by atoms with Gasteiger partial charge in [0.2, 0.25) is 5.95 Å². The van der Waals surface area contributed by atoms with Gasteiger partial charge >= 0.3 is 10.4 Å². The zero-order valence-corrected chi connectivity index (χ0v) is 17.8. The lowest BCUT2D eigenvalue weighted by atomic mass is 10.1. The summed E-state index contributed by atoms with van der Waals surface area (Å²) in [5, 5.41) is 24.0. The highest BCUT2D eigenvalue weighted by atomic mass is 32.3. The van der Waals surface area contributed by atoms with Crippen LogP contribution in [-0.2, 0) is 15.1 Å². The number of hydrogen-bond donors (Lipinski definition) is 7. The van der Waals surface area contributed by atoms with Crippen molar-refractivity contribution in [3.63, 3.8) is 0 Å². The number of nitrogens with two attached hydrogens (primary N) is 2. The maximum atomic E-state index is 10.6. The Balaban J connectivity index is 0.000000614. The molecule has 9 N–H and O–H groups in total. The molecule has 0 radical (unpaired) electrons. The van der Waals surface area contributed by atoms with Crippen LogP contribution in [0.5, 0.6) is 0 Å². The molecular formula is C15H28N8O7S. The number of nitrogens with zero attached hydrogens (tertiary/aromatic N) is 5. The molecule has 3 heterocycles. The number of nitrogens with one attached hydrogen (secondary N) is 1. The first-order valence-corrected chi connectivity index (χ1v) is 10.6. The van der Waals surface area contributed by atoms with Gasteiger partial charge in [0, 0.05) is 13.6 Å². The van der Waals surface area contributed by atoms with Gasteiger partial charge < -0.3 is 36.6 Å². The molecule has 0 amide bonds. The highest BCUT2D eigenvalue weighted by Gasteiger charge is 2.45. The van der Waals surface area contributed by atoms with Gasteiger partial charge in [-0.2, -0.15) is 8.42 Å². The molecule has 0 unspecified atom stereocenters. The molecule has 0 aromatic carbocycles. The van der Waals surface area contributed by atoms with E-state index in [0.29, 0.717) is 30.2 Å². The number of rotatable bonds is 7. The van der Waals surface area contributed by atoms with E-state index in [1.54, 1.807) is 11.6 Å². The maximum absolute atomic E-state index is 10.6. The second-order valence-corrected chi connectivity index (χ2v) is 7.78. The Bertz CT molecular complexity index is 964.